The number of aliphatic hydroxyl groups excluding tert-OH is 2. The molecule has 7 nitrogen and oxygen atoms in total. The van der Waals surface area contributed by atoms with Gasteiger partial charge < -0.3 is 26.2 Å². The Morgan fingerprint density at radius 2 is 1.13 bits per heavy atom. The molecule has 15 heavy (non-hydrogen) atoms. The SMILES string of the molecule is CC(C)(C)N.O=C(O)[C@H](O)[C@@H](O)C(=O)O. The zero-order chi connectivity index (χ0) is 12.8. The monoisotopic (exact) mass is 223 g/mol. The fraction of sp³-hybridized carbons (Fsp3) is 0.750. The van der Waals surface area contributed by atoms with Gasteiger partial charge in [0.15, 0.2) is 12.2 Å². The Morgan fingerprint density at radius 1 is 1.00 bits per heavy atom. The van der Waals surface area contributed by atoms with Gasteiger partial charge in [0, 0.05) is 5.54 Å². The summed E-state index contributed by atoms with van der Waals surface area (Å²) in [6.07, 6.45) is -4.53. The summed E-state index contributed by atoms with van der Waals surface area (Å²) in [5.74, 6) is -3.54. The minimum absolute atomic E-state index is 0. The summed E-state index contributed by atoms with van der Waals surface area (Å²) in [4.78, 5) is 19.5. The van der Waals surface area contributed by atoms with E-state index in [9.17, 15) is 9.59 Å². The van der Waals surface area contributed by atoms with Crippen LogP contribution in [0.5, 0.6) is 0 Å². The van der Waals surface area contributed by atoms with E-state index in [1.165, 1.54) is 0 Å². The molecule has 0 unspecified atom stereocenters. The van der Waals surface area contributed by atoms with Crippen LogP contribution in [0.25, 0.3) is 0 Å². The molecule has 0 amide bonds. The van der Waals surface area contributed by atoms with Crippen LogP contribution in [0.2, 0.25) is 0 Å². The van der Waals surface area contributed by atoms with Gasteiger partial charge in [0.25, 0.3) is 0 Å². The number of hydrogen-bond donors (Lipinski definition) is 5. The molecule has 2 atom stereocenters. The molecule has 0 saturated heterocycles. The Hall–Kier alpha value is -1.18. The van der Waals surface area contributed by atoms with Gasteiger partial charge in [-0.15, -0.1) is 0 Å². The molecule has 7 heteroatoms. The maximum absolute atomic E-state index is 9.77. The van der Waals surface area contributed by atoms with Crippen molar-refractivity contribution in [2.24, 2.45) is 5.73 Å². The highest BCUT2D eigenvalue weighted by atomic mass is 16.4. The normalized spacial score (nSPS) is 14.5. The van der Waals surface area contributed by atoms with Crippen LogP contribution in [0.15, 0.2) is 0 Å². The van der Waals surface area contributed by atoms with E-state index in [0.717, 1.165) is 0 Å². The van der Waals surface area contributed by atoms with Crippen LogP contribution in [0.3, 0.4) is 0 Å². The number of hydrogen-bond acceptors (Lipinski definition) is 5. The van der Waals surface area contributed by atoms with Crippen LogP contribution in [0, 0.1) is 0 Å². The Morgan fingerprint density at radius 3 is 1.20 bits per heavy atom. The maximum Gasteiger partial charge on any atom is 0.335 e. The van der Waals surface area contributed by atoms with E-state index >= 15 is 0 Å². The first-order valence-corrected chi connectivity index (χ1v) is 4.07. The average Bonchev–Trinajstić information content (AvgIpc) is 1.98. The average molecular weight is 223 g/mol. The van der Waals surface area contributed by atoms with E-state index in [1.54, 1.807) is 0 Å². The van der Waals surface area contributed by atoms with Crippen molar-refractivity contribution >= 4 is 11.9 Å². The summed E-state index contributed by atoms with van der Waals surface area (Å²) >= 11 is 0. The lowest BCUT2D eigenvalue weighted by atomic mass is 10.1. The molecule has 0 aliphatic heterocycles. The van der Waals surface area contributed by atoms with Gasteiger partial charge in [-0.25, -0.2) is 9.59 Å². The summed E-state index contributed by atoms with van der Waals surface area (Å²) in [5, 5.41) is 32.5. The van der Waals surface area contributed by atoms with E-state index in [4.69, 9.17) is 26.2 Å². The summed E-state index contributed by atoms with van der Waals surface area (Å²) in [6, 6.07) is 0. The summed E-state index contributed by atoms with van der Waals surface area (Å²) < 4.78 is 0. The third kappa shape index (κ3) is 12.8. The number of aliphatic hydroxyl groups is 2. The van der Waals surface area contributed by atoms with Gasteiger partial charge in [0.05, 0.1) is 0 Å². The summed E-state index contributed by atoms with van der Waals surface area (Å²) in [5.41, 5.74) is 5.35. The molecule has 0 fully saturated rings. The fourth-order valence-corrected chi connectivity index (χ4v) is 0.270. The number of nitrogens with two attached hydrogens (primary N) is 1. The van der Waals surface area contributed by atoms with Crippen LogP contribution >= 0.6 is 0 Å². The van der Waals surface area contributed by atoms with Gasteiger partial charge in [-0.2, -0.15) is 0 Å². The lowest BCUT2D eigenvalue weighted by Gasteiger charge is -2.07. The Bertz CT molecular complexity index is 198. The molecule has 0 rings (SSSR count). The molecule has 0 aliphatic rings. The second-order valence-electron chi connectivity index (χ2n) is 3.93. The Labute approximate surface area is 87.1 Å². The van der Waals surface area contributed by atoms with E-state index < -0.39 is 24.1 Å². The van der Waals surface area contributed by atoms with Crippen molar-refractivity contribution in [3.63, 3.8) is 0 Å². The minimum atomic E-state index is -2.27. The predicted molar refractivity (Wildman–Crippen MR) is 51.2 cm³/mol. The first kappa shape index (κ1) is 16.3. The molecule has 0 aromatic carbocycles. The summed E-state index contributed by atoms with van der Waals surface area (Å²) in [7, 11) is 0. The molecule has 0 aromatic heterocycles. The van der Waals surface area contributed by atoms with Crippen molar-refractivity contribution in [1.29, 1.82) is 0 Å². The quantitative estimate of drug-likeness (QED) is 0.397. The van der Waals surface area contributed by atoms with E-state index in [2.05, 4.69) is 0 Å². The number of carboxylic acids is 2. The number of rotatable bonds is 3. The zero-order valence-electron chi connectivity index (χ0n) is 8.84. The third-order valence-electron chi connectivity index (χ3n) is 0.805. The van der Waals surface area contributed by atoms with Gasteiger partial charge >= 0.3 is 11.9 Å². The highest BCUT2D eigenvalue weighted by molar-refractivity contribution is 5.83. The highest BCUT2D eigenvalue weighted by Crippen LogP contribution is 1.92. The zero-order valence-corrected chi connectivity index (χ0v) is 8.84. The molecule has 0 aromatic rings. The Balaban J connectivity index is 0. The van der Waals surface area contributed by atoms with Crippen LogP contribution in [0.4, 0.5) is 0 Å². The third-order valence-corrected chi connectivity index (χ3v) is 0.805. The largest absolute Gasteiger partial charge is 0.479 e. The van der Waals surface area contributed by atoms with Crippen molar-refractivity contribution in [3.05, 3.63) is 0 Å². The van der Waals surface area contributed by atoms with Crippen molar-refractivity contribution in [2.45, 2.75) is 38.5 Å². The van der Waals surface area contributed by atoms with Crippen LogP contribution in [-0.4, -0.2) is 50.1 Å². The van der Waals surface area contributed by atoms with Gasteiger partial charge in [0.1, 0.15) is 0 Å². The first-order chi connectivity index (χ1) is 6.46. The van der Waals surface area contributed by atoms with Crippen LogP contribution in [0.1, 0.15) is 20.8 Å². The lowest BCUT2D eigenvalue weighted by Crippen LogP contribution is -2.39. The van der Waals surface area contributed by atoms with E-state index in [-0.39, 0.29) is 5.54 Å². The minimum Gasteiger partial charge on any atom is -0.479 e. The Kier molecular flexibility index (Phi) is 6.86. The second-order valence-corrected chi connectivity index (χ2v) is 3.93. The smallest absolute Gasteiger partial charge is 0.335 e. The molecule has 0 bridgehead atoms. The van der Waals surface area contributed by atoms with E-state index in [0.29, 0.717) is 0 Å². The van der Waals surface area contributed by atoms with Crippen LogP contribution in [-0.2, 0) is 9.59 Å². The lowest BCUT2D eigenvalue weighted by molar-refractivity contribution is -0.165. The van der Waals surface area contributed by atoms with Crippen molar-refractivity contribution in [3.8, 4) is 0 Å². The fourth-order valence-electron chi connectivity index (χ4n) is 0.270. The molecule has 90 valence electrons. The molecule has 0 heterocycles. The van der Waals surface area contributed by atoms with Crippen molar-refractivity contribution in [2.75, 3.05) is 0 Å². The van der Waals surface area contributed by atoms with Gasteiger partial charge in [-0.05, 0) is 20.8 Å². The first-order valence-electron chi connectivity index (χ1n) is 4.07. The number of carbonyl (C=O) groups is 2. The summed E-state index contributed by atoms with van der Waals surface area (Å²) in [6.45, 7) is 5.90. The maximum atomic E-state index is 9.77. The van der Waals surface area contributed by atoms with Crippen molar-refractivity contribution < 1.29 is 30.0 Å². The van der Waals surface area contributed by atoms with E-state index in [1.807, 2.05) is 20.8 Å². The molecular formula is C8H17NO6. The second kappa shape index (κ2) is 6.33. The molecular weight excluding hydrogens is 206 g/mol. The topological polar surface area (TPSA) is 141 Å². The standard InChI is InChI=1S/C4H11N.C4H6O6/c1-4(2,3)5;5-1(3(7)8)2(6)4(9)10/h5H2,1-3H3;1-2,5-6H,(H,7,8)(H,9,10)/t;1-,2-/m.1/s1. The van der Waals surface area contributed by atoms with Gasteiger partial charge in [0.2, 0.25) is 0 Å². The molecule has 0 aliphatic carbocycles. The number of aliphatic carboxylic acids is 2. The van der Waals surface area contributed by atoms with Gasteiger partial charge in [-0.3, -0.25) is 0 Å². The number of carboxylic acid groups (broad SMARTS) is 2. The van der Waals surface area contributed by atoms with Gasteiger partial charge in [-0.1, -0.05) is 0 Å². The van der Waals surface area contributed by atoms with Crippen LogP contribution < -0.4 is 5.73 Å². The molecule has 0 radical (unpaired) electrons. The molecule has 0 saturated carbocycles. The molecule has 6 N–H and O–H groups in total. The molecule has 0 spiro atoms. The highest BCUT2D eigenvalue weighted by Gasteiger charge is 2.29. The van der Waals surface area contributed by atoms with Crippen molar-refractivity contribution in [1.82, 2.24) is 0 Å². The predicted octanol–water partition coefficient (Wildman–Crippen LogP) is -1.38.